The van der Waals surface area contributed by atoms with Crippen LogP contribution in [0.25, 0.3) is 0 Å². The van der Waals surface area contributed by atoms with Gasteiger partial charge in [-0.1, -0.05) is 41.6 Å². The van der Waals surface area contributed by atoms with Crippen molar-refractivity contribution in [1.29, 1.82) is 0 Å². The van der Waals surface area contributed by atoms with Crippen LogP contribution in [-0.2, 0) is 16.0 Å². The number of benzene rings is 1. The van der Waals surface area contributed by atoms with Crippen LogP contribution in [-0.4, -0.2) is 61.0 Å². The Balaban J connectivity index is 0.000000558. The SMILES string of the molecule is CC=O.CN=CN/C=C/CC(NC)c1nc(C)no1.O=C(O)CNCCCc1ccccc1. The van der Waals surface area contributed by atoms with Crippen LogP contribution >= 0.6 is 0 Å². The molecular formula is C23H36N6O4. The van der Waals surface area contributed by atoms with Crippen molar-refractivity contribution < 1.29 is 19.2 Å². The molecule has 0 aliphatic heterocycles. The third-order valence-corrected chi connectivity index (χ3v) is 3.92. The number of carboxylic acids is 1. The summed E-state index contributed by atoms with van der Waals surface area (Å²) >= 11 is 0. The first-order chi connectivity index (χ1) is 16.0. The first-order valence-corrected chi connectivity index (χ1v) is 10.6. The Kier molecular flexibility index (Phi) is 18.4. The molecule has 33 heavy (non-hydrogen) atoms. The van der Waals surface area contributed by atoms with Crippen molar-refractivity contribution in [2.75, 3.05) is 27.2 Å². The number of aromatic nitrogens is 2. The molecule has 0 aliphatic carbocycles. The van der Waals surface area contributed by atoms with Crippen LogP contribution in [0.15, 0.2) is 52.1 Å². The Bertz CT molecular complexity index is 808. The van der Waals surface area contributed by atoms with E-state index in [0.717, 1.165) is 32.1 Å². The molecule has 0 aliphatic rings. The first kappa shape index (κ1) is 29.6. The van der Waals surface area contributed by atoms with Gasteiger partial charge in [-0.2, -0.15) is 4.98 Å². The molecule has 2 rings (SSSR count). The van der Waals surface area contributed by atoms with Crippen LogP contribution in [0.1, 0.15) is 43.1 Å². The number of nitrogens with one attached hydrogen (secondary N) is 3. The summed E-state index contributed by atoms with van der Waals surface area (Å²) in [6.07, 6.45) is 8.89. The summed E-state index contributed by atoms with van der Waals surface area (Å²) in [7, 11) is 3.57. The van der Waals surface area contributed by atoms with Crippen LogP contribution < -0.4 is 16.0 Å². The Morgan fingerprint density at radius 3 is 2.55 bits per heavy atom. The monoisotopic (exact) mass is 460 g/mol. The van der Waals surface area contributed by atoms with Crippen molar-refractivity contribution >= 4 is 18.6 Å². The molecule has 10 nitrogen and oxygen atoms in total. The smallest absolute Gasteiger partial charge is 0.317 e. The zero-order chi connectivity index (χ0) is 24.7. The van der Waals surface area contributed by atoms with Gasteiger partial charge in [-0.25, -0.2) is 0 Å². The fraction of sp³-hybridized carbons (Fsp3) is 0.435. The van der Waals surface area contributed by atoms with E-state index >= 15 is 0 Å². The Morgan fingerprint density at radius 1 is 1.30 bits per heavy atom. The van der Waals surface area contributed by atoms with Gasteiger partial charge < -0.3 is 30.4 Å². The average Bonchev–Trinajstić information content (AvgIpc) is 3.23. The lowest BCUT2D eigenvalue weighted by Crippen LogP contribution is -2.23. The van der Waals surface area contributed by atoms with Crippen molar-refractivity contribution in [3.63, 3.8) is 0 Å². The van der Waals surface area contributed by atoms with Crippen molar-refractivity contribution in [2.24, 2.45) is 4.99 Å². The second-order valence-electron chi connectivity index (χ2n) is 6.61. The lowest BCUT2D eigenvalue weighted by atomic mass is 10.1. The van der Waals surface area contributed by atoms with Crippen LogP contribution in [0.2, 0.25) is 0 Å². The molecule has 2 aromatic rings. The van der Waals surface area contributed by atoms with Crippen molar-refractivity contribution in [3.05, 3.63) is 59.9 Å². The summed E-state index contributed by atoms with van der Waals surface area (Å²) in [5, 5.41) is 21.0. The molecule has 10 heteroatoms. The number of hydrogen-bond acceptors (Lipinski definition) is 8. The van der Waals surface area contributed by atoms with E-state index in [9.17, 15) is 4.79 Å². The predicted molar refractivity (Wildman–Crippen MR) is 129 cm³/mol. The zero-order valence-corrected chi connectivity index (χ0v) is 19.8. The number of rotatable bonds is 12. The molecule has 0 fully saturated rings. The number of aliphatic imine (C=N–C) groups is 1. The Hall–Kier alpha value is -3.37. The maximum Gasteiger partial charge on any atom is 0.317 e. The fourth-order valence-electron chi connectivity index (χ4n) is 2.44. The van der Waals surface area contributed by atoms with E-state index < -0.39 is 5.97 Å². The van der Waals surface area contributed by atoms with Crippen LogP contribution in [0, 0.1) is 6.92 Å². The summed E-state index contributed by atoms with van der Waals surface area (Å²) in [4.78, 5) is 26.9. The van der Waals surface area contributed by atoms with Crippen LogP contribution in [0.4, 0.5) is 0 Å². The largest absolute Gasteiger partial charge is 0.480 e. The number of aryl methyl sites for hydroxylation is 2. The number of carboxylic acid groups (broad SMARTS) is 1. The van der Waals surface area contributed by atoms with Gasteiger partial charge in [-0.15, -0.1) is 0 Å². The maximum absolute atomic E-state index is 10.2. The number of aliphatic carboxylic acids is 1. The molecule has 0 amide bonds. The first-order valence-electron chi connectivity index (χ1n) is 10.6. The van der Waals surface area contributed by atoms with E-state index in [0.29, 0.717) is 11.7 Å². The molecule has 1 aromatic carbocycles. The molecule has 4 N–H and O–H groups in total. The normalized spacial score (nSPS) is 11.3. The van der Waals surface area contributed by atoms with Gasteiger partial charge in [0.25, 0.3) is 0 Å². The Labute approximate surface area is 195 Å². The van der Waals surface area contributed by atoms with E-state index in [1.165, 1.54) is 12.5 Å². The number of carbonyl (C=O) groups excluding carboxylic acids is 1. The predicted octanol–water partition coefficient (Wildman–Crippen LogP) is 2.29. The molecule has 1 atom stereocenters. The topological polar surface area (TPSA) is 142 Å². The summed E-state index contributed by atoms with van der Waals surface area (Å²) in [5.74, 6) is 0.453. The summed E-state index contributed by atoms with van der Waals surface area (Å²) < 4.78 is 5.09. The minimum absolute atomic E-state index is 0.0396. The van der Waals surface area contributed by atoms with E-state index in [4.69, 9.17) is 14.4 Å². The second kappa shape index (κ2) is 20.5. The molecule has 1 unspecified atom stereocenters. The maximum atomic E-state index is 10.2. The molecule has 0 radical (unpaired) electrons. The highest BCUT2D eigenvalue weighted by Gasteiger charge is 2.14. The standard InChI is InChI=1S/C11H15NO2.C10H17N5O.C2H4O/c13-11(14)9-12-8-4-7-10-5-2-1-3-6-10;1-8-14-10(16-15-8)9(12-3)5-4-6-13-7-11-2;1-2-3/h1-3,5-6,12H,4,7-9H2,(H,13,14);4,6-7,9,12H,5H2,1-3H3,(H,11,13);2H,1H3/b;6-4+;. The highest BCUT2D eigenvalue weighted by molar-refractivity contribution is 5.68. The quantitative estimate of drug-likeness (QED) is 0.162. The lowest BCUT2D eigenvalue weighted by molar-refractivity contribution is -0.135. The van der Waals surface area contributed by atoms with Gasteiger partial charge in [0.2, 0.25) is 5.89 Å². The third kappa shape index (κ3) is 16.9. The van der Waals surface area contributed by atoms with E-state index in [-0.39, 0.29) is 12.6 Å². The molecule has 0 bridgehead atoms. The summed E-state index contributed by atoms with van der Waals surface area (Å²) in [5.41, 5.74) is 1.30. The molecule has 1 aromatic heterocycles. The second-order valence-corrected chi connectivity index (χ2v) is 6.61. The number of nitrogens with zero attached hydrogens (tertiary/aromatic N) is 3. The fourth-order valence-corrected chi connectivity index (χ4v) is 2.44. The van der Waals surface area contributed by atoms with Gasteiger partial charge in [0.05, 0.1) is 18.9 Å². The Morgan fingerprint density at radius 2 is 2.00 bits per heavy atom. The zero-order valence-electron chi connectivity index (χ0n) is 19.8. The van der Waals surface area contributed by atoms with Gasteiger partial charge >= 0.3 is 5.97 Å². The third-order valence-electron chi connectivity index (χ3n) is 3.92. The number of aldehydes is 1. The molecule has 1 heterocycles. The van der Waals surface area contributed by atoms with E-state index in [2.05, 4.69) is 43.2 Å². The van der Waals surface area contributed by atoms with Crippen LogP contribution in [0.5, 0.6) is 0 Å². The highest BCUT2D eigenvalue weighted by Crippen LogP contribution is 2.14. The lowest BCUT2D eigenvalue weighted by Gasteiger charge is -2.07. The molecule has 0 spiro atoms. The minimum atomic E-state index is -0.801. The van der Waals surface area contributed by atoms with E-state index in [1.807, 2.05) is 37.5 Å². The molecular weight excluding hydrogens is 424 g/mol. The molecule has 0 saturated heterocycles. The van der Waals surface area contributed by atoms with Gasteiger partial charge in [0.1, 0.15) is 6.29 Å². The highest BCUT2D eigenvalue weighted by atomic mass is 16.5. The minimum Gasteiger partial charge on any atom is -0.480 e. The number of carbonyl (C=O) groups is 2. The van der Waals surface area contributed by atoms with E-state index in [1.54, 1.807) is 20.3 Å². The molecule has 0 saturated carbocycles. The van der Waals surface area contributed by atoms with Gasteiger partial charge in [0, 0.05) is 7.05 Å². The van der Waals surface area contributed by atoms with Crippen molar-refractivity contribution in [2.45, 2.75) is 39.2 Å². The van der Waals surface area contributed by atoms with Gasteiger partial charge in [-0.05, 0) is 58.5 Å². The van der Waals surface area contributed by atoms with Crippen molar-refractivity contribution in [1.82, 2.24) is 26.1 Å². The van der Waals surface area contributed by atoms with Gasteiger partial charge in [0.15, 0.2) is 5.82 Å². The number of hydrogen-bond donors (Lipinski definition) is 4. The summed E-state index contributed by atoms with van der Waals surface area (Å²) in [6.45, 7) is 4.05. The average molecular weight is 461 g/mol. The van der Waals surface area contributed by atoms with Gasteiger partial charge in [-0.3, -0.25) is 9.79 Å². The summed E-state index contributed by atoms with van der Waals surface area (Å²) in [6, 6.07) is 10.2. The van der Waals surface area contributed by atoms with Crippen molar-refractivity contribution in [3.8, 4) is 0 Å². The van der Waals surface area contributed by atoms with Crippen LogP contribution in [0.3, 0.4) is 0 Å². The molecule has 182 valence electrons.